The van der Waals surface area contributed by atoms with Gasteiger partial charge in [-0.2, -0.15) is 0 Å². The van der Waals surface area contributed by atoms with Crippen molar-refractivity contribution in [3.8, 4) is 0 Å². The summed E-state index contributed by atoms with van der Waals surface area (Å²) < 4.78 is 0. The lowest BCUT2D eigenvalue weighted by Gasteiger charge is -2.44. The van der Waals surface area contributed by atoms with Crippen molar-refractivity contribution in [2.75, 3.05) is 0 Å². The Bertz CT molecular complexity index is 604. The highest BCUT2D eigenvalue weighted by atomic mass is 16.3. The monoisotopic (exact) mass is 430 g/mol. The maximum atomic E-state index is 11.4. The van der Waals surface area contributed by atoms with Gasteiger partial charge in [-0.1, -0.05) is 71.3 Å². The average Bonchev–Trinajstić information content (AvgIpc) is 2.80. The number of rotatable bonds is 6. The van der Waals surface area contributed by atoms with Crippen LogP contribution in [0.5, 0.6) is 0 Å². The molecule has 0 aromatic carbocycles. The fourth-order valence-electron chi connectivity index (χ4n) is 7.93. The molecule has 0 aromatic rings. The van der Waals surface area contributed by atoms with E-state index in [-0.39, 0.29) is 12.2 Å². The highest BCUT2D eigenvalue weighted by molar-refractivity contribution is 5.28. The summed E-state index contributed by atoms with van der Waals surface area (Å²) in [6.45, 7) is 7.07. The Morgan fingerprint density at radius 2 is 1.58 bits per heavy atom. The molecule has 4 rings (SSSR count). The van der Waals surface area contributed by atoms with E-state index in [1.54, 1.807) is 5.57 Å². The van der Waals surface area contributed by atoms with Gasteiger partial charge in [0.05, 0.1) is 12.2 Å². The van der Waals surface area contributed by atoms with Crippen LogP contribution in [0.4, 0.5) is 0 Å². The quantitative estimate of drug-likeness (QED) is 0.434. The van der Waals surface area contributed by atoms with E-state index in [0.29, 0.717) is 23.7 Å². The molecular weight excluding hydrogens is 380 g/mol. The maximum absolute atomic E-state index is 11.4. The van der Waals surface area contributed by atoms with E-state index in [0.717, 1.165) is 24.2 Å². The zero-order valence-corrected chi connectivity index (χ0v) is 20.7. The lowest BCUT2D eigenvalue weighted by atomic mass is 9.64. The number of aliphatic hydroxyl groups excluding tert-OH is 2. The van der Waals surface area contributed by atoms with Gasteiger partial charge in [-0.3, -0.25) is 0 Å². The minimum atomic E-state index is -0.199. The van der Waals surface area contributed by atoms with Gasteiger partial charge in [0.2, 0.25) is 0 Å². The van der Waals surface area contributed by atoms with Gasteiger partial charge in [0.1, 0.15) is 0 Å². The van der Waals surface area contributed by atoms with Gasteiger partial charge in [-0.25, -0.2) is 0 Å². The standard InChI is InChI=1S/C29H50O2/c1-19-12-14-24(18-20(19)2)28(30)21(3)25-10-7-11-27-26(25)17-16-23(29(27)31)15-13-22-8-5-4-6-9-22/h19-25,28-31H,4-18H2,1-3H3/t19?,20-,21?,23?,24?,25?,28?,29?/m0/s1. The summed E-state index contributed by atoms with van der Waals surface area (Å²) in [5.74, 6) is 4.27. The predicted octanol–water partition coefficient (Wildman–Crippen LogP) is 7.28. The summed E-state index contributed by atoms with van der Waals surface area (Å²) in [5, 5.41) is 22.7. The molecule has 178 valence electrons. The Hall–Kier alpha value is -0.340. The Balaban J connectivity index is 1.38. The van der Waals surface area contributed by atoms with E-state index < -0.39 is 0 Å². The molecule has 2 heteroatoms. The van der Waals surface area contributed by atoms with E-state index in [4.69, 9.17) is 0 Å². The molecule has 4 aliphatic carbocycles. The van der Waals surface area contributed by atoms with Crippen LogP contribution in [-0.2, 0) is 0 Å². The first-order valence-electron chi connectivity index (χ1n) is 14.0. The van der Waals surface area contributed by atoms with Crippen LogP contribution in [-0.4, -0.2) is 22.4 Å². The van der Waals surface area contributed by atoms with Crippen molar-refractivity contribution in [1.82, 2.24) is 0 Å². The Morgan fingerprint density at radius 3 is 2.32 bits per heavy atom. The molecule has 4 aliphatic rings. The van der Waals surface area contributed by atoms with Gasteiger partial charge < -0.3 is 10.2 Å². The average molecular weight is 431 g/mol. The van der Waals surface area contributed by atoms with E-state index >= 15 is 0 Å². The largest absolute Gasteiger partial charge is 0.393 e. The van der Waals surface area contributed by atoms with Crippen molar-refractivity contribution in [1.29, 1.82) is 0 Å². The summed E-state index contributed by atoms with van der Waals surface area (Å²) in [7, 11) is 0. The van der Waals surface area contributed by atoms with Crippen molar-refractivity contribution in [2.45, 2.75) is 129 Å². The van der Waals surface area contributed by atoms with Crippen LogP contribution in [0.15, 0.2) is 11.1 Å². The van der Waals surface area contributed by atoms with Gasteiger partial charge in [0.15, 0.2) is 0 Å². The summed E-state index contributed by atoms with van der Waals surface area (Å²) in [6.07, 6.45) is 18.9. The molecule has 7 unspecified atom stereocenters. The van der Waals surface area contributed by atoms with Gasteiger partial charge in [0.25, 0.3) is 0 Å². The second-order valence-electron chi connectivity index (χ2n) is 12.3. The minimum Gasteiger partial charge on any atom is -0.393 e. The van der Waals surface area contributed by atoms with Crippen molar-refractivity contribution < 1.29 is 10.2 Å². The van der Waals surface area contributed by atoms with Crippen LogP contribution < -0.4 is 0 Å². The van der Waals surface area contributed by atoms with Crippen LogP contribution in [0, 0.1) is 41.4 Å². The van der Waals surface area contributed by atoms with Crippen molar-refractivity contribution in [3.05, 3.63) is 11.1 Å². The lowest BCUT2D eigenvalue weighted by molar-refractivity contribution is 0.000111. The fourth-order valence-corrected chi connectivity index (χ4v) is 7.93. The van der Waals surface area contributed by atoms with Gasteiger partial charge in [0, 0.05) is 0 Å². The van der Waals surface area contributed by atoms with Gasteiger partial charge in [-0.15, -0.1) is 0 Å². The summed E-state index contributed by atoms with van der Waals surface area (Å²) in [4.78, 5) is 0. The maximum Gasteiger partial charge on any atom is 0.0781 e. The van der Waals surface area contributed by atoms with E-state index in [2.05, 4.69) is 20.8 Å². The smallest absolute Gasteiger partial charge is 0.0781 e. The molecule has 2 nitrogen and oxygen atoms in total. The number of allylic oxidation sites excluding steroid dienone is 1. The fraction of sp³-hybridized carbons (Fsp3) is 0.931. The first kappa shape index (κ1) is 23.8. The normalized spacial score (nSPS) is 39.8. The van der Waals surface area contributed by atoms with Crippen LogP contribution in [0.1, 0.15) is 117 Å². The summed E-state index contributed by atoms with van der Waals surface area (Å²) in [5.41, 5.74) is 2.97. The molecule has 2 N–H and O–H groups in total. The second kappa shape index (κ2) is 10.7. The number of hydrogen-bond acceptors (Lipinski definition) is 2. The second-order valence-corrected chi connectivity index (χ2v) is 12.3. The lowest BCUT2D eigenvalue weighted by Crippen LogP contribution is -2.40. The topological polar surface area (TPSA) is 40.5 Å². The predicted molar refractivity (Wildman–Crippen MR) is 130 cm³/mol. The SMILES string of the molecule is CC(C1CCCC2=C1CCC(CCC1CCCCC1)C2O)C(O)C1CCC(C)[C@@H](C)C1. The molecule has 2 saturated carbocycles. The van der Waals surface area contributed by atoms with Gasteiger partial charge in [-0.05, 0) is 98.4 Å². The summed E-state index contributed by atoms with van der Waals surface area (Å²) >= 11 is 0. The molecule has 8 atom stereocenters. The number of hydrogen-bond donors (Lipinski definition) is 2. The minimum absolute atomic E-state index is 0.173. The highest BCUT2D eigenvalue weighted by Crippen LogP contribution is 2.48. The Kier molecular flexibility index (Phi) is 8.24. The molecule has 0 saturated heterocycles. The third-order valence-electron chi connectivity index (χ3n) is 10.4. The van der Waals surface area contributed by atoms with E-state index in [1.807, 2.05) is 0 Å². The van der Waals surface area contributed by atoms with Crippen LogP contribution in [0.3, 0.4) is 0 Å². The molecular formula is C29H50O2. The highest BCUT2D eigenvalue weighted by Gasteiger charge is 2.40. The molecule has 0 radical (unpaired) electrons. The number of aliphatic hydroxyl groups is 2. The zero-order valence-electron chi connectivity index (χ0n) is 20.7. The van der Waals surface area contributed by atoms with Crippen LogP contribution >= 0.6 is 0 Å². The van der Waals surface area contributed by atoms with Gasteiger partial charge >= 0.3 is 0 Å². The van der Waals surface area contributed by atoms with E-state index in [1.165, 1.54) is 95.5 Å². The molecule has 0 spiro atoms. The van der Waals surface area contributed by atoms with Crippen molar-refractivity contribution >= 4 is 0 Å². The van der Waals surface area contributed by atoms with E-state index in [9.17, 15) is 10.2 Å². The Labute approximate surface area is 192 Å². The molecule has 0 heterocycles. The molecule has 0 bridgehead atoms. The summed E-state index contributed by atoms with van der Waals surface area (Å²) in [6, 6.07) is 0. The third kappa shape index (κ3) is 5.43. The third-order valence-corrected chi connectivity index (χ3v) is 10.4. The van der Waals surface area contributed by atoms with Crippen molar-refractivity contribution in [2.24, 2.45) is 41.4 Å². The zero-order chi connectivity index (χ0) is 22.0. The Morgan fingerprint density at radius 1 is 0.806 bits per heavy atom. The first-order valence-corrected chi connectivity index (χ1v) is 14.0. The van der Waals surface area contributed by atoms with Crippen molar-refractivity contribution in [3.63, 3.8) is 0 Å². The molecule has 0 amide bonds. The first-order chi connectivity index (χ1) is 15.0. The molecule has 0 aromatic heterocycles. The molecule has 31 heavy (non-hydrogen) atoms. The molecule has 2 fully saturated rings. The molecule has 0 aliphatic heterocycles. The van der Waals surface area contributed by atoms with Crippen LogP contribution in [0.25, 0.3) is 0 Å². The van der Waals surface area contributed by atoms with Crippen LogP contribution in [0.2, 0.25) is 0 Å².